The standard InChI is InChI=1S/C12H22O3/c1-9-7-6-8-12(5,14-9)10(13)15-11(2,3)4/h9H,6-8H2,1-5H3/t9-,12-/m1/s1. The van der Waals surface area contributed by atoms with Crippen molar-refractivity contribution >= 4 is 5.97 Å². The zero-order valence-electron chi connectivity index (χ0n) is 10.4. The highest BCUT2D eigenvalue weighted by atomic mass is 16.6. The van der Waals surface area contributed by atoms with Crippen molar-refractivity contribution in [3.8, 4) is 0 Å². The topological polar surface area (TPSA) is 35.5 Å². The Morgan fingerprint density at radius 3 is 2.53 bits per heavy atom. The van der Waals surface area contributed by atoms with Crippen LogP contribution in [0.25, 0.3) is 0 Å². The van der Waals surface area contributed by atoms with Crippen molar-refractivity contribution in [3.63, 3.8) is 0 Å². The van der Waals surface area contributed by atoms with Crippen molar-refractivity contribution in [1.29, 1.82) is 0 Å². The maximum absolute atomic E-state index is 11.9. The van der Waals surface area contributed by atoms with Gasteiger partial charge in [-0.15, -0.1) is 0 Å². The molecule has 0 N–H and O–H groups in total. The van der Waals surface area contributed by atoms with Crippen molar-refractivity contribution in [3.05, 3.63) is 0 Å². The predicted octanol–water partition coefficient (Wildman–Crippen LogP) is 2.68. The SMILES string of the molecule is C[C@@H]1CCC[C@](C)(C(=O)OC(C)(C)C)O1. The zero-order valence-corrected chi connectivity index (χ0v) is 10.4. The van der Waals surface area contributed by atoms with Crippen molar-refractivity contribution in [1.82, 2.24) is 0 Å². The molecule has 1 aliphatic rings. The molecule has 0 unspecified atom stereocenters. The van der Waals surface area contributed by atoms with Gasteiger partial charge < -0.3 is 9.47 Å². The molecule has 0 saturated carbocycles. The predicted molar refractivity (Wildman–Crippen MR) is 58.6 cm³/mol. The van der Waals surface area contributed by atoms with E-state index in [0.717, 1.165) is 19.3 Å². The summed E-state index contributed by atoms with van der Waals surface area (Å²) in [5.74, 6) is -0.235. The molecular formula is C12H22O3. The molecule has 0 bridgehead atoms. The van der Waals surface area contributed by atoms with Crippen LogP contribution in [-0.4, -0.2) is 23.3 Å². The van der Waals surface area contributed by atoms with Crippen LogP contribution in [0.4, 0.5) is 0 Å². The number of hydrogen-bond acceptors (Lipinski definition) is 3. The first kappa shape index (κ1) is 12.5. The van der Waals surface area contributed by atoms with E-state index >= 15 is 0 Å². The second-order valence-corrected chi connectivity index (χ2v) is 5.55. The van der Waals surface area contributed by atoms with Gasteiger partial charge in [0.25, 0.3) is 0 Å². The summed E-state index contributed by atoms with van der Waals surface area (Å²) in [6.07, 6.45) is 2.96. The molecule has 3 heteroatoms. The van der Waals surface area contributed by atoms with Gasteiger partial charge in [-0.2, -0.15) is 0 Å². The third-order valence-electron chi connectivity index (χ3n) is 2.56. The molecule has 0 aromatic heterocycles. The van der Waals surface area contributed by atoms with E-state index in [0.29, 0.717) is 0 Å². The number of esters is 1. The average Bonchev–Trinajstić information content (AvgIpc) is 2.00. The van der Waals surface area contributed by atoms with Crippen LogP contribution in [0.1, 0.15) is 53.9 Å². The molecule has 1 aliphatic heterocycles. The van der Waals surface area contributed by atoms with Gasteiger partial charge in [-0.3, -0.25) is 0 Å². The van der Waals surface area contributed by atoms with Gasteiger partial charge in [-0.25, -0.2) is 4.79 Å². The maximum atomic E-state index is 11.9. The normalized spacial score (nSPS) is 32.5. The fourth-order valence-corrected chi connectivity index (χ4v) is 1.82. The van der Waals surface area contributed by atoms with Gasteiger partial charge >= 0.3 is 5.97 Å². The monoisotopic (exact) mass is 214 g/mol. The van der Waals surface area contributed by atoms with Crippen LogP contribution in [0.2, 0.25) is 0 Å². The Hall–Kier alpha value is -0.570. The molecule has 1 fully saturated rings. The van der Waals surface area contributed by atoms with Crippen molar-refractivity contribution in [2.45, 2.75) is 71.2 Å². The summed E-state index contributed by atoms with van der Waals surface area (Å²) in [6.45, 7) is 9.46. The van der Waals surface area contributed by atoms with Gasteiger partial charge in [-0.05, 0) is 53.9 Å². The van der Waals surface area contributed by atoms with Crippen LogP contribution in [0.5, 0.6) is 0 Å². The largest absolute Gasteiger partial charge is 0.458 e. The minimum atomic E-state index is -0.745. The van der Waals surface area contributed by atoms with Crippen LogP contribution in [0, 0.1) is 0 Å². The van der Waals surface area contributed by atoms with E-state index in [-0.39, 0.29) is 12.1 Å². The second-order valence-electron chi connectivity index (χ2n) is 5.55. The minimum Gasteiger partial charge on any atom is -0.458 e. The highest BCUT2D eigenvalue weighted by molar-refractivity contribution is 5.79. The van der Waals surface area contributed by atoms with E-state index in [1.54, 1.807) is 0 Å². The molecule has 0 aromatic rings. The van der Waals surface area contributed by atoms with Crippen LogP contribution in [0.15, 0.2) is 0 Å². The average molecular weight is 214 g/mol. The van der Waals surface area contributed by atoms with Crippen LogP contribution >= 0.6 is 0 Å². The first-order valence-electron chi connectivity index (χ1n) is 5.64. The van der Waals surface area contributed by atoms with E-state index in [2.05, 4.69) is 0 Å². The maximum Gasteiger partial charge on any atom is 0.338 e. The molecule has 0 spiro atoms. The molecule has 1 rings (SSSR count). The quantitative estimate of drug-likeness (QED) is 0.629. The number of ether oxygens (including phenoxy) is 2. The molecule has 0 aliphatic carbocycles. The van der Waals surface area contributed by atoms with E-state index in [1.807, 2.05) is 34.6 Å². The summed E-state index contributed by atoms with van der Waals surface area (Å²) in [5, 5.41) is 0. The summed E-state index contributed by atoms with van der Waals surface area (Å²) >= 11 is 0. The summed E-state index contributed by atoms with van der Waals surface area (Å²) < 4.78 is 11.1. The van der Waals surface area contributed by atoms with Crippen molar-refractivity contribution in [2.75, 3.05) is 0 Å². The summed E-state index contributed by atoms with van der Waals surface area (Å²) in [5.41, 5.74) is -1.19. The lowest BCUT2D eigenvalue weighted by atomic mass is 9.93. The Morgan fingerprint density at radius 1 is 1.47 bits per heavy atom. The smallest absolute Gasteiger partial charge is 0.338 e. The Balaban J connectivity index is 2.64. The molecule has 0 amide bonds. The van der Waals surface area contributed by atoms with Crippen molar-refractivity contribution < 1.29 is 14.3 Å². The zero-order chi connectivity index (χ0) is 11.7. The van der Waals surface area contributed by atoms with E-state index in [9.17, 15) is 4.79 Å². The van der Waals surface area contributed by atoms with Gasteiger partial charge in [-0.1, -0.05) is 0 Å². The minimum absolute atomic E-state index is 0.149. The molecule has 3 nitrogen and oxygen atoms in total. The van der Waals surface area contributed by atoms with Gasteiger partial charge in [0, 0.05) is 0 Å². The third-order valence-corrected chi connectivity index (χ3v) is 2.56. The number of rotatable bonds is 1. The Bertz CT molecular complexity index is 242. The lowest BCUT2D eigenvalue weighted by molar-refractivity contribution is -0.194. The first-order chi connectivity index (χ1) is 6.73. The molecule has 1 heterocycles. The molecule has 88 valence electrons. The molecule has 2 atom stereocenters. The van der Waals surface area contributed by atoms with Gasteiger partial charge in [0.05, 0.1) is 6.10 Å². The molecular weight excluding hydrogens is 192 g/mol. The Morgan fingerprint density at radius 2 is 2.07 bits per heavy atom. The number of carbonyl (C=O) groups excluding carboxylic acids is 1. The van der Waals surface area contributed by atoms with Crippen LogP contribution in [-0.2, 0) is 14.3 Å². The molecule has 0 radical (unpaired) electrons. The summed E-state index contributed by atoms with van der Waals surface area (Å²) in [7, 11) is 0. The molecule has 1 saturated heterocycles. The lowest BCUT2D eigenvalue weighted by Crippen LogP contribution is -2.47. The number of hydrogen-bond donors (Lipinski definition) is 0. The van der Waals surface area contributed by atoms with E-state index < -0.39 is 11.2 Å². The van der Waals surface area contributed by atoms with Crippen molar-refractivity contribution in [2.24, 2.45) is 0 Å². The first-order valence-corrected chi connectivity index (χ1v) is 5.64. The fourth-order valence-electron chi connectivity index (χ4n) is 1.82. The fraction of sp³-hybridized carbons (Fsp3) is 0.917. The van der Waals surface area contributed by atoms with Crippen LogP contribution in [0.3, 0.4) is 0 Å². The van der Waals surface area contributed by atoms with E-state index in [1.165, 1.54) is 0 Å². The van der Waals surface area contributed by atoms with Gasteiger partial charge in [0.1, 0.15) is 5.60 Å². The highest BCUT2D eigenvalue weighted by Gasteiger charge is 2.41. The van der Waals surface area contributed by atoms with Crippen LogP contribution < -0.4 is 0 Å². The van der Waals surface area contributed by atoms with Gasteiger partial charge in [0.2, 0.25) is 0 Å². The number of carbonyl (C=O) groups is 1. The Kier molecular flexibility index (Phi) is 3.44. The Labute approximate surface area is 92.1 Å². The van der Waals surface area contributed by atoms with Gasteiger partial charge in [0.15, 0.2) is 5.60 Å². The summed E-state index contributed by atoms with van der Waals surface area (Å²) in [4.78, 5) is 11.9. The lowest BCUT2D eigenvalue weighted by Gasteiger charge is -2.37. The summed E-state index contributed by atoms with van der Waals surface area (Å²) in [6, 6.07) is 0. The highest BCUT2D eigenvalue weighted by Crippen LogP contribution is 2.30. The molecule has 0 aromatic carbocycles. The second kappa shape index (κ2) is 4.12. The molecule has 15 heavy (non-hydrogen) atoms. The van der Waals surface area contributed by atoms with E-state index in [4.69, 9.17) is 9.47 Å². The third kappa shape index (κ3) is 3.49.